The summed E-state index contributed by atoms with van der Waals surface area (Å²) in [5, 5.41) is 0.256. The predicted octanol–water partition coefficient (Wildman–Crippen LogP) is 1.63. The van der Waals surface area contributed by atoms with Crippen LogP contribution in [0.1, 0.15) is 19.8 Å². The lowest BCUT2D eigenvalue weighted by Crippen LogP contribution is -2.40. The van der Waals surface area contributed by atoms with E-state index in [-0.39, 0.29) is 5.28 Å². The molecule has 18 heavy (non-hydrogen) atoms. The van der Waals surface area contributed by atoms with Gasteiger partial charge in [0, 0.05) is 19.1 Å². The summed E-state index contributed by atoms with van der Waals surface area (Å²) in [5.74, 6) is 0.775. The fourth-order valence-electron chi connectivity index (χ4n) is 2.46. The highest BCUT2D eigenvalue weighted by Crippen LogP contribution is 2.26. The van der Waals surface area contributed by atoms with Crippen molar-refractivity contribution in [3.8, 4) is 0 Å². The first-order chi connectivity index (χ1) is 8.61. The second kappa shape index (κ2) is 5.71. The molecule has 1 fully saturated rings. The molecule has 0 aliphatic carbocycles. The van der Waals surface area contributed by atoms with E-state index in [1.54, 1.807) is 6.20 Å². The molecule has 6 heteroatoms. The second-order valence-electron chi connectivity index (χ2n) is 4.79. The van der Waals surface area contributed by atoms with Gasteiger partial charge in [-0.3, -0.25) is 0 Å². The van der Waals surface area contributed by atoms with Gasteiger partial charge < -0.3 is 15.5 Å². The van der Waals surface area contributed by atoms with Gasteiger partial charge in [0.05, 0.1) is 11.9 Å². The van der Waals surface area contributed by atoms with Crippen molar-refractivity contribution < 1.29 is 0 Å². The van der Waals surface area contributed by atoms with E-state index in [4.69, 9.17) is 17.3 Å². The predicted molar refractivity (Wildman–Crippen MR) is 75.0 cm³/mol. The van der Waals surface area contributed by atoms with E-state index in [0.29, 0.717) is 11.7 Å². The van der Waals surface area contributed by atoms with Gasteiger partial charge in [0.15, 0.2) is 5.82 Å². The molecular weight excluding hydrogens is 250 g/mol. The number of hydrogen-bond acceptors (Lipinski definition) is 5. The number of nitrogen functional groups attached to an aromatic ring is 1. The zero-order chi connectivity index (χ0) is 13.1. The molecule has 0 radical (unpaired) electrons. The Labute approximate surface area is 113 Å². The Morgan fingerprint density at radius 1 is 1.50 bits per heavy atom. The first-order valence-electron chi connectivity index (χ1n) is 6.35. The van der Waals surface area contributed by atoms with Crippen LogP contribution in [0.4, 0.5) is 11.5 Å². The molecule has 1 aromatic rings. The molecule has 1 atom stereocenters. The number of anilines is 2. The third kappa shape index (κ3) is 2.84. The summed E-state index contributed by atoms with van der Waals surface area (Å²) in [6, 6.07) is 0.422. The lowest BCUT2D eigenvalue weighted by atomic mass is 10.2. The van der Waals surface area contributed by atoms with Crippen LogP contribution in [0.25, 0.3) is 0 Å². The van der Waals surface area contributed by atoms with Crippen LogP contribution in [0.15, 0.2) is 6.20 Å². The SMILES string of the molecule is CCC1CN(C)CCCN1c1nc(Cl)ncc1N. The van der Waals surface area contributed by atoms with Crippen LogP contribution in [0, 0.1) is 0 Å². The molecule has 2 rings (SSSR count). The average Bonchev–Trinajstić information content (AvgIpc) is 2.53. The Kier molecular flexibility index (Phi) is 4.24. The summed E-state index contributed by atoms with van der Waals surface area (Å²) >= 11 is 5.88. The van der Waals surface area contributed by atoms with Gasteiger partial charge >= 0.3 is 0 Å². The van der Waals surface area contributed by atoms with E-state index in [0.717, 1.165) is 38.3 Å². The summed E-state index contributed by atoms with van der Waals surface area (Å²) in [6.45, 7) is 5.28. The molecule has 1 aromatic heterocycles. The van der Waals surface area contributed by atoms with Crippen LogP contribution in [-0.2, 0) is 0 Å². The molecule has 1 unspecified atom stereocenters. The normalized spacial score (nSPS) is 21.9. The van der Waals surface area contributed by atoms with Gasteiger partial charge in [-0.25, -0.2) is 4.98 Å². The maximum Gasteiger partial charge on any atom is 0.224 e. The third-order valence-electron chi connectivity index (χ3n) is 3.41. The zero-order valence-electron chi connectivity index (χ0n) is 10.9. The standard InChI is InChI=1S/C12H20ClN5/c1-3-9-8-17(2)5-4-6-18(9)11-10(14)7-15-12(13)16-11/h7,9H,3-6,8,14H2,1-2H3. The number of hydrogen-bond donors (Lipinski definition) is 1. The molecule has 0 aromatic carbocycles. The average molecular weight is 270 g/mol. The lowest BCUT2D eigenvalue weighted by molar-refractivity contribution is 0.328. The summed E-state index contributed by atoms with van der Waals surface area (Å²) < 4.78 is 0. The second-order valence-corrected chi connectivity index (χ2v) is 5.13. The van der Waals surface area contributed by atoms with Crippen LogP contribution in [0.3, 0.4) is 0 Å². The molecule has 1 aliphatic heterocycles. The van der Waals surface area contributed by atoms with Gasteiger partial charge in [0.1, 0.15) is 0 Å². The van der Waals surface area contributed by atoms with Crippen molar-refractivity contribution in [3.05, 3.63) is 11.5 Å². The minimum atomic E-state index is 0.256. The molecule has 100 valence electrons. The molecule has 1 aliphatic rings. The van der Waals surface area contributed by atoms with E-state index in [1.807, 2.05) is 0 Å². The number of nitrogens with two attached hydrogens (primary N) is 1. The lowest BCUT2D eigenvalue weighted by Gasteiger charge is -2.31. The number of nitrogens with zero attached hydrogens (tertiary/aromatic N) is 4. The largest absolute Gasteiger partial charge is 0.394 e. The number of aromatic nitrogens is 2. The molecule has 0 spiro atoms. The molecule has 0 bridgehead atoms. The molecule has 0 saturated carbocycles. The van der Waals surface area contributed by atoms with Crippen molar-refractivity contribution in [1.82, 2.24) is 14.9 Å². The molecule has 2 N–H and O–H groups in total. The summed E-state index contributed by atoms with van der Waals surface area (Å²) in [4.78, 5) is 12.8. The topological polar surface area (TPSA) is 58.3 Å². The Morgan fingerprint density at radius 2 is 2.28 bits per heavy atom. The molecule has 0 amide bonds. The van der Waals surface area contributed by atoms with Gasteiger partial charge in [-0.2, -0.15) is 4.98 Å². The highest BCUT2D eigenvalue weighted by Gasteiger charge is 2.24. The molecule has 2 heterocycles. The molecular formula is C12H20ClN5. The fraction of sp³-hybridized carbons (Fsp3) is 0.667. The number of likely N-dealkylation sites (N-methyl/N-ethyl adjacent to an activating group) is 1. The minimum absolute atomic E-state index is 0.256. The first-order valence-corrected chi connectivity index (χ1v) is 6.72. The minimum Gasteiger partial charge on any atom is -0.394 e. The number of rotatable bonds is 2. The summed E-state index contributed by atoms with van der Waals surface area (Å²) in [7, 11) is 2.16. The van der Waals surface area contributed by atoms with Crippen LogP contribution >= 0.6 is 11.6 Å². The third-order valence-corrected chi connectivity index (χ3v) is 3.59. The van der Waals surface area contributed by atoms with Crippen LogP contribution in [-0.4, -0.2) is 47.6 Å². The van der Waals surface area contributed by atoms with E-state index in [9.17, 15) is 0 Å². The van der Waals surface area contributed by atoms with Gasteiger partial charge in [0.25, 0.3) is 0 Å². The van der Waals surface area contributed by atoms with Crippen LogP contribution < -0.4 is 10.6 Å². The molecule has 1 saturated heterocycles. The van der Waals surface area contributed by atoms with Gasteiger partial charge in [-0.05, 0) is 38.0 Å². The smallest absolute Gasteiger partial charge is 0.224 e. The molecule has 5 nitrogen and oxygen atoms in total. The van der Waals surface area contributed by atoms with Crippen molar-refractivity contribution in [2.75, 3.05) is 37.3 Å². The highest BCUT2D eigenvalue weighted by molar-refractivity contribution is 6.28. The van der Waals surface area contributed by atoms with Crippen molar-refractivity contribution >= 4 is 23.1 Å². The van der Waals surface area contributed by atoms with Gasteiger partial charge in [-0.15, -0.1) is 0 Å². The maximum absolute atomic E-state index is 5.98. The van der Waals surface area contributed by atoms with Crippen molar-refractivity contribution in [2.24, 2.45) is 0 Å². The monoisotopic (exact) mass is 269 g/mol. The van der Waals surface area contributed by atoms with Crippen LogP contribution in [0.5, 0.6) is 0 Å². The summed E-state index contributed by atoms with van der Waals surface area (Å²) in [6.07, 6.45) is 3.76. The summed E-state index contributed by atoms with van der Waals surface area (Å²) in [5.41, 5.74) is 6.58. The van der Waals surface area contributed by atoms with E-state index >= 15 is 0 Å². The first kappa shape index (κ1) is 13.4. The van der Waals surface area contributed by atoms with E-state index < -0.39 is 0 Å². The maximum atomic E-state index is 5.98. The zero-order valence-corrected chi connectivity index (χ0v) is 11.7. The Balaban J connectivity index is 2.31. The quantitative estimate of drug-likeness (QED) is 0.827. The van der Waals surface area contributed by atoms with Crippen molar-refractivity contribution in [1.29, 1.82) is 0 Å². The van der Waals surface area contributed by atoms with Gasteiger partial charge in [-0.1, -0.05) is 6.92 Å². The van der Waals surface area contributed by atoms with E-state index in [2.05, 4.69) is 33.7 Å². The number of halogens is 1. The van der Waals surface area contributed by atoms with E-state index in [1.165, 1.54) is 0 Å². The van der Waals surface area contributed by atoms with Crippen molar-refractivity contribution in [2.45, 2.75) is 25.8 Å². The Hall–Kier alpha value is -1.07. The van der Waals surface area contributed by atoms with Crippen LogP contribution in [0.2, 0.25) is 5.28 Å². The van der Waals surface area contributed by atoms with Crippen molar-refractivity contribution in [3.63, 3.8) is 0 Å². The Morgan fingerprint density at radius 3 is 3.00 bits per heavy atom. The fourth-order valence-corrected chi connectivity index (χ4v) is 2.59. The van der Waals surface area contributed by atoms with Gasteiger partial charge in [0.2, 0.25) is 5.28 Å². The Bertz CT molecular complexity index is 411. The highest BCUT2D eigenvalue weighted by atomic mass is 35.5.